The Bertz CT molecular complexity index is 1000. The van der Waals surface area contributed by atoms with Crippen molar-refractivity contribution >= 4 is 11.0 Å². The number of piperidine rings is 1. The average Bonchev–Trinajstić information content (AvgIpc) is 3.21. The molecule has 5 rings (SSSR count). The molecule has 0 spiro atoms. The van der Waals surface area contributed by atoms with E-state index in [0.717, 1.165) is 49.6 Å². The van der Waals surface area contributed by atoms with E-state index in [1.807, 2.05) is 17.8 Å². The zero-order valence-corrected chi connectivity index (χ0v) is 17.0. The Morgan fingerprint density at radius 2 is 1.96 bits per heavy atom. The first-order valence-corrected chi connectivity index (χ1v) is 10.4. The van der Waals surface area contributed by atoms with Gasteiger partial charge < -0.3 is 14.1 Å². The maximum Gasteiger partial charge on any atom is 0.141 e. The maximum absolute atomic E-state index is 11.7. The van der Waals surface area contributed by atoms with Crippen LogP contribution in [0.2, 0.25) is 0 Å². The number of benzene rings is 1. The first-order valence-electron chi connectivity index (χ1n) is 10.4. The highest BCUT2D eigenvalue weighted by molar-refractivity contribution is 5.82. The Hall–Kier alpha value is -2.11. The predicted molar refractivity (Wildman–Crippen MR) is 109 cm³/mol. The number of nitrogens with zero attached hydrogens (tertiary/aromatic N) is 3. The molecule has 1 N–H and O–H groups in total. The molecular formula is C23H29N3O2. The second kappa shape index (κ2) is 6.46. The quantitative estimate of drug-likeness (QED) is 0.750. The number of rotatable bonds is 3. The van der Waals surface area contributed by atoms with Gasteiger partial charge in [0.1, 0.15) is 22.8 Å². The monoisotopic (exact) mass is 379 g/mol. The number of aromatic nitrogens is 2. The third-order valence-electron chi connectivity index (χ3n) is 7.04. The number of hydrogen-bond donors (Lipinski definition) is 1. The number of aryl methyl sites for hydroxylation is 3. The molecule has 2 aliphatic rings. The third kappa shape index (κ3) is 2.64. The number of imidazole rings is 1. The molecule has 0 radical (unpaired) electrons. The minimum Gasteiger partial charge on any atom is -0.459 e. The Balaban J connectivity index is 1.43. The molecule has 1 saturated carbocycles. The van der Waals surface area contributed by atoms with E-state index in [1.165, 1.54) is 22.9 Å². The lowest BCUT2D eigenvalue weighted by atomic mass is 9.65. The van der Waals surface area contributed by atoms with Gasteiger partial charge in [-0.1, -0.05) is 18.1 Å². The number of furan rings is 1. The summed E-state index contributed by atoms with van der Waals surface area (Å²) in [6, 6.07) is 6.39. The molecule has 2 atom stereocenters. The lowest BCUT2D eigenvalue weighted by Gasteiger charge is -2.52. The van der Waals surface area contributed by atoms with Gasteiger partial charge in [0.15, 0.2) is 0 Å². The molecule has 3 aromatic rings. The van der Waals surface area contributed by atoms with Gasteiger partial charge in [0.2, 0.25) is 0 Å². The fourth-order valence-electron chi connectivity index (χ4n) is 5.53. The van der Waals surface area contributed by atoms with Gasteiger partial charge in [-0.3, -0.25) is 4.90 Å². The summed E-state index contributed by atoms with van der Waals surface area (Å²) < 4.78 is 8.19. The van der Waals surface area contributed by atoms with E-state index in [0.29, 0.717) is 0 Å². The summed E-state index contributed by atoms with van der Waals surface area (Å²) in [6.07, 6.45) is 7.03. The van der Waals surface area contributed by atoms with Gasteiger partial charge in [-0.2, -0.15) is 0 Å². The Labute approximate surface area is 166 Å². The Kier molecular flexibility index (Phi) is 4.14. The van der Waals surface area contributed by atoms with Gasteiger partial charge in [0, 0.05) is 49.8 Å². The van der Waals surface area contributed by atoms with E-state index in [4.69, 9.17) is 4.42 Å². The van der Waals surface area contributed by atoms with Crippen LogP contribution in [-0.4, -0.2) is 32.6 Å². The smallest absolute Gasteiger partial charge is 0.141 e. The van der Waals surface area contributed by atoms with Gasteiger partial charge in [0.05, 0.1) is 6.54 Å². The van der Waals surface area contributed by atoms with Crippen LogP contribution in [0, 0.1) is 25.7 Å². The highest BCUT2D eigenvalue weighted by Gasteiger charge is 2.53. The summed E-state index contributed by atoms with van der Waals surface area (Å²) in [7, 11) is 1.99. The Morgan fingerprint density at radius 1 is 1.21 bits per heavy atom. The van der Waals surface area contributed by atoms with Gasteiger partial charge in [-0.15, -0.1) is 0 Å². The van der Waals surface area contributed by atoms with Crippen molar-refractivity contribution in [3.05, 3.63) is 53.3 Å². The topological polar surface area (TPSA) is 54.4 Å². The summed E-state index contributed by atoms with van der Waals surface area (Å²) in [5.41, 5.74) is 2.66. The molecule has 2 unspecified atom stereocenters. The van der Waals surface area contributed by atoms with Crippen molar-refractivity contribution < 1.29 is 9.52 Å². The molecule has 1 aliphatic carbocycles. The molecule has 1 aromatic carbocycles. The van der Waals surface area contributed by atoms with Crippen LogP contribution in [0.15, 0.2) is 35.0 Å². The van der Waals surface area contributed by atoms with Crippen LogP contribution < -0.4 is 0 Å². The summed E-state index contributed by atoms with van der Waals surface area (Å²) in [6.45, 7) is 6.86. The molecule has 0 amide bonds. The normalized spacial score (nSPS) is 28.1. The van der Waals surface area contributed by atoms with Crippen molar-refractivity contribution in [1.29, 1.82) is 0 Å². The molecule has 1 aliphatic heterocycles. The predicted octanol–water partition coefficient (Wildman–Crippen LogP) is 3.90. The van der Waals surface area contributed by atoms with Gasteiger partial charge >= 0.3 is 0 Å². The lowest BCUT2D eigenvalue weighted by molar-refractivity contribution is -0.155. The van der Waals surface area contributed by atoms with Gasteiger partial charge in [0.25, 0.3) is 0 Å². The number of hydrogen-bond acceptors (Lipinski definition) is 4. The van der Waals surface area contributed by atoms with Crippen LogP contribution in [0.1, 0.15) is 42.0 Å². The van der Waals surface area contributed by atoms with Crippen molar-refractivity contribution in [3.63, 3.8) is 0 Å². The summed E-state index contributed by atoms with van der Waals surface area (Å²) in [5.74, 6) is 2.32. The largest absolute Gasteiger partial charge is 0.459 e. The highest BCUT2D eigenvalue weighted by Crippen LogP contribution is 2.48. The highest BCUT2D eigenvalue weighted by atomic mass is 16.3. The van der Waals surface area contributed by atoms with Gasteiger partial charge in [-0.25, -0.2) is 4.98 Å². The van der Waals surface area contributed by atoms with Crippen LogP contribution in [0.5, 0.6) is 0 Å². The lowest BCUT2D eigenvalue weighted by Crippen LogP contribution is -2.58. The third-order valence-corrected chi connectivity index (χ3v) is 7.04. The Morgan fingerprint density at radius 3 is 2.64 bits per heavy atom. The number of likely N-dealkylation sites (tertiary alicyclic amines) is 1. The second-order valence-electron chi connectivity index (χ2n) is 8.86. The summed E-state index contributed by atoms with van der Waals surface area (Å²) >= 11 is 0. The van der Waals surface area contributed by atoms with Crippen LogP contribution >= 0.6 is 0 Å². The fraction of sp³-hybridized carbons (Fsp3) is 0.522. The molecule has 5 heteroatoms. The van der Waals surface area contributed by atoms with E-state index in [9.17, 15) is 5.11 Å². The summed E-state index contributed by atoms with van der Waals surface area (Å²) in [4.78, 5) is 7.01. The molecule has 2 bridgehead atoms. The molecule has 5 nitrogen and oxygen atoms in total. The van der Waals surface area contributed by atoms with Crippen molar-refractivity contribution in [2.75, 3.05) is 13.1 Å². The van der Waals surface area contributed by atoms with Crippen molar-refractivity contribution in [2.24, 2.45) is 18.9 Å². The van der Waals surface area contributed by atoms with E-state index >= 15 is 0 Å². The van der Waals surface area contributed by atoms with E-state index in [2.05, 4.69) is 41.9 Å². The van der Waals surface area contributed by atoms with Crippen molar-refractivity contribution in [3.8, 4) is 0 Å². The summed E-state index contributed by atoms with van der Waals surface area (Å²) in [5, 5.41) is 13.0. The molecule has 3 heterocycles. The molecule has 28 heavy (non-hydrogen) atoms. The first-order chi connectivity index (χ1) is 13.5. The SMILES string of the molecule is Cc1ccc2oc(CN3CC4CCCC(C3)C4(O)c3nccn3C)c(C)c2c1. The molecule has 148 valence electrons. The van der Waals surface area contributed by atoms with Crippen molar-refractivity contribution in [2.45, 2.75) is 45.3 Å². The maximum atomic E-state index is 11.7. The van der Waals surface area contributed by atoms with E-state index in [1.54, 1.807) is 6.20 Å². The fourth-order valence-corrected chi connectivity index (χ4v) is 5.53. The second-order valence-corrected chi connectivity index (χ2v) is 8.86. The first kappa shape index (κ1) is 18.0. The number of aliphatic hydroxyl groups is 1. The average molecular weight is 380 g/mol. The minimum atomic E-state index is -0.812. The van der Waals surface area contributed by atoms with E-state index < -0.39 is 5.60 Å². The minimum absolute atomic E-state index is 0.216. The van der Waals surface area contributed by atoms with Gasteiger partial charge in [-0.05, 0) is 44.4 Å². The molecule has 2 aromatic heterocycles. The van der Waals surface area contributed by atoms with Crippen LogP contribution in [0.4, 0.5) is 0 Å². The standard InChI is InChI=1S/C23H29N3O2/c1-15-7-8-20-19(11-15)16(2)21(28-20)14-26-12-17-5-4-6-18(13-26)23(17,27)22-24-9-10-25(22)3/h7-11,17-18,27H,4-6,12-14H2,1-3H3. The molecule has 1 saturated heterocycles. The number of fused-ring (bicyclic) bond motifs is 3. The molecular weight excluding hydrogens is 350 g/mol. The van der Waals surface area contributed by atoms with Crippen LogP contribution in [0.25, 0.3) is 11.0 Å². The zero-order valence-electron chi connectivity index (χ0n) is 17.0. The van der Waals surface area contributed by atoms with E-state index in [-0.39, 0.29) is 11.8 Å². The van der Waals surface area contributed by atoms with Crippen molar-refractivity contribution in [1.82, 2.24) is 14.5 Å². The van der Waals surface area contributed by atoms with Crippen LogP contribution in [0.3, 0.4) is 0 Å². The van der Waals surface area contributed by atoms with Crippen LogP contribution in [-0.2, 0) is 19.2 Å². The zero-order chi connectivity index (χ0) is 19.5. The molecule has 2 fully saturated rings.